The quantitative estimate of drug-likeness (QED) is 0.798. The Kier molecular flexibility index (Phi) is 4.78. The second-order valence-corrected chi connectivity index (χ2v) is 5.22. The molecule has 20 heavy (non-hydrogen) atoms. The van der Waals surface area contributed by atoms with Crippen molar-refractivity contribution in [3.8, 4) is 11.8 Å². The van der Waals surface area contributed by atoms with Gasteiger partial charge in [0.25, 0.3) is 5.91 Å². The van der Waals surface area contributed by atoms with Gasteiger partial charge in [0.05, 0.1) is 24.3 Å². The number of rotatable bonds is 2. The van der Waals surface area contributed by atoms with Gasteiger partial charge in [0.2, 0.25) is 0 Å². The van der Waals surface area contributed by atoms with E-state index in [0.29, 0.717) is 17.7 Å². The van der Waals surface area contributed by atoms with Crippen molar-refractivity contribution in [3.63, 3.8) is 0 Å². The van der Waals surface area contributed by atoms with Crippen molar-refractivity contribution in [2.24, 2.45) is 5.73 Å². The molecule has 1 aromatic rings. The molecule has 106 valence electrons. The fourth-order valence-electron chi connectivity index (χ4n) is 2.31. The number of ether oxygens (including phenoxy) is 1. The van der Waals surface area contributed by atoms with E-state index < -0.39 is 0 Å². The first-order valence-corrected chi connectivity index (χ1v) is 6.83. The first-order valence-electron chi connectivity index (χ1n) is 6.83. The molecule has 1 aromatic carbocycles. The Hall–Kier alpha value is -1.83. The van der Waals surface area contributed by atoms with E-state index in [-0.39, 0.29) is 18.0 Å². The van der Waals surface area contributed by atoms with Crippen LogP contribution in [0.2, 0.25) is 0 Å². The second-order valence-electron chi connectivity index (χ2n) is 5.22. The summed E-state index contributed by atoms with van der Waals surface area (Å²) < 4.78 is 5.46. The summed E-state index contributed by atoms with van der Waals surface area (Å²) in [6.45, 7) is 3.61. The van der Waals surface area contributed by atoms with Crippen LogP contribution in [0.1, 0.15) is 35.7 Å². The molecule has 4 nitrogen and oxygen atoms in total. The Morgan fingerprint density at radius 3 is 3.00 bits per heavy atom. The SMILES string of the molecule is CC1(NC(=O)c2ccccc2C#CCN)CCCOC1. The van der Waals surface area contributed by atoms with Crippen LogP contribution < -0.4 is 11.1 Å². The van der Waals surface area contributed by atoms with E-state index in [4.69, 9.17) is 10.5 Å². The van der Waals surface area contributed by atoms with E-state index in [9.17, 15) is 4.79 Å². The molecule has 1 fully saturated rings. The maximum Gasteiger partial charge on any atom is 0.253 e. The van der Waals surface area contributed by atoms with Gasteiger partial charge in [0.15, 0.2) is 0 Å². The van der Waals surface area contributed by atoms with Gasteiger partial charge in [0.1, 0.15) is 0 Å². The van der Waals surface area contributed by atoms with Gasteiger partial charge < -0.3 is 15.8 Å². The third-order valence-corrected chi connectivity index (χ3v) is 3.35. The molecule has 4 heteroatoms. The largest absolute Gasteiger partial charge is 0.379 e. The van der Waals surface area contributed by atoms with Gasteiger partial charge in [0, 0.05) is 12.2 Å². The summed E-state index contributed by atoms with van der Waals surface area (Å²) in [6.07, 6.45) is 1.89. The number of hydrogen-bond donors (Lipinski definition) is 2. The van der Waals surface area contributed by atoms with Crippen LogP contribution in [0, 0.1) is 11.8 Å². The Morgan fingerprint density at radius 2 is 2.30 bits per heavy atom. The minimum absolute atomic E-state index is 0.111. The Morgan fingerprint density at radius 1 is 1.50 bits per heavy atom. The number of hydrogen-bond acceptors (Lipinski definition) is 3. The molecule has 1 aliphatic rings. The molecule has 0 spiro atoms. The fourth-order valence-corrected chi connectivity index (χ4v) is 2.31. The van der Waals surface area contributed by atoms with Crippen molar-refractivity contribution in [3.05, 3.63) is 35.4 Å². The Labute approximate surface area is 119 Å². The lowest BCUT2D eigenvalue weighted by molar-refractivity contribution is 0.0272. The molecule has 2 rings (SSSR count). The van der Waals surface area contributed by atoms with E-state index in [2.05, 4.69) is 17.2 Å². The maximum atomic E-state index is 12.4. The fraction of sp³-hybridized carbons (Fsp3) is 0.438. The third-order valence-electron chi connectivity index (χ3n) is 3.35. The Balaban J connectivity index is 2.16. The molecular formula is C16H20N2O2. The van der Waals surface area contributed by atoms with Crippen molar-refractivity contribution in [2.45, 2.75) is 25.3 Å². The topological polar surface area (TPSA) is 64.4 Å². The van der Waals surface area contributed by atoms with Crippen LogP contribution in [0.15, 0.2) is 24.3 Å². The molecule has 0 radical (unpaired) electrons. The van der Waals surface area contributed by atoms with Crippen molar-refractivity contribution < 1.29 is 9.53 Å². The van der Waals surface area contributed by atoms with E-state index in [1.54, 1.807) is 6.07 Å². The molecule has 0 saturated carbocycles. The van der Waals surface area contributed by atoms with Gasteiger partial charge in [-0.25, -0.2) is 0 Å². The van der Waals surface area contributed by atoms with Crippen LogP contribution in [0.4, 0.5) is 0 Å². The van der Waals surface area contributed by atoms with E-state index in [0.717, 1.165) is 19.4 Å². The number of nitrogens with two attached hydrogens (primary N) is 1. The summed E-state index contributed by atoms with van der Waals surface area (Å²) >= 11 is 0. The first-order chi connectivity index (χ1) is 9.64. The summed E-state index contributed by atoms with van der Waals surface area (Å²) in [7, 11) is 0. The van der Waals surface area contributed by atoms with Crippen LogP contribution in [0.3, 0.4) is 0 Å². The number of benzene rings is 1. The van der Waals surface area contributed by atoms with Gasteiger partial charge in [-0.1, -0.05) is 24.0 Å². The van der Waals surface area contributed by atoms with Crippen molar-refractivity contribution in [1.82, 2.24) is 5.32 Å². The minimum Gasteiger partial charge on any atom is -0.379 e. The lowest BCUT2D eigenvalue weighted by Crippen LogP contribution is -2.51. The molecule has 1 amide bonds. The van der Waals surface area contributed by atoms with E-state index in [1.165, 1.54) is 0 Å². The average Bonchev–Trinajstić information content (AvgIpc) is 2.45. The minimum atomic E-state index is -0.302. The normalized spacial score (nSPS) is 21.7. The second kappa shape index (κ2) is 6.56. The van der Waals surface area contributed by atoms with Gasteiger partial charge >= 0.3 is 0 Å². The zero-order valence-corrected chi connectivity index (χ0v) is 11.7. The smallest absolute Gasteiger partial charge is 0.253 e. The maximum absolute atomic E-state index is 12.4. The predicted octanol–water partition coefficient (Wildman–Crippen LogP) is 1.30. The highest BCUT2D eigenvalue weighted by Crippen LogP contribution is 2.19. The van der Waals surface area contributed by atoms with Crippen LogP contribution in [0.25, 0.3) is 0 Å². The van der Waals surface area contributed by atoms with Gasteiger partial charge in [-0.15, -0.1) is 0 Å². The molecule has 1 aliphatic heterocycles. The lowest BCUT2D eigenvalue weighted by atomic mass is 9.94. The van der Waals surface area contributed by atoms with Gasteiger partial charge in [-0.05, 0) is 31.9 Å². The van der Waals surface area contributed by atoms with Crippen LogP contribution in [-0.2, 0) is 4.74 Å². The zero-order valence-electron chi connectivity index (χ0n) is 11.7. The summed E-state index contributed by atoms with van der Waals surface area (Å²) in [5.74, 6) is 5.61. The number of amides is 1. The molecule has 1 atom stereocenters. The number of nitrogens with one attached hydrogen (secondary N) is 1. The zero-order chi connectivity index (χ0) is 14.4. The summed E-state index contributed by atoms with van der Waals surface area (Å²) in [5, 5.41) is 3.07. The summed E-state index contributed by atoms with van der Waals surface area (Å²) in [4.78, 5) is 12.4. The van der Waals surface area contributed by atoms with Crippen molar-refractivity contribution >= 4 is 5.91 Å². The number of carbonyl (C=O) groups excluding carboxylic acids is 1. The molecule has 0 bridgehead atoms. The average molecular weight is 272 g/mol. The Bertz CT molecular complexity index is 537. The first kappa shape index (κ1) is 14.6. The van der Waals surface area contributed by atoms with E-state index in [1.807, 2.05) is 25.1 Å². The molecule has 0 aromatic heterocycles. The molecule has 1 heterocycles. The van der Waals surface area contributed by atoms with Gasteiger partial charge in [-0.2, -0.15) is 0 Å². The predicted molar refractivity (Wildman–Crippen MR) is 78.3 cm³/mol. The third kappa shape index (κ3) is 3.60. The highest BCUT2D eigenvalue weighted by molar-refractivity contribution is 5.97. The standard InChI is InChI=1S/C16H20N2O2/c1-16(9-5-11-20-12-16)18-15(19)14-8-3-2-6-13(14)7-4-10-17/h2-3,6,8H,5,9-12,17H2,1H3,(H,18,19). The molecule has 1 saturated heterocycles. The number of carbonyl (C=O) groups is 1. The summed E-state index contributed by atoms with van der Waals surface area (Å²) in [6, 6.07) is 7.31. The van der Waals surface area contributed by atoms with Crippen LogP contribution in [-0.4, -0.2) is 31.2 Å². The monoisotopic (exact) mass is 272 g/mol. The molecule has 3 N–H and O–H groups in total. The lowest BCUT2D eigenvalue weighted by Gasteiger charge is -2.34. The van der Waals surface area contributed by atoms with Crippen molar-refractivity contribution in [2.75, 3.05) is 19.8 Å². The highest BCUT2D eigenvalue weighted by atomic mass is 16.5. The van der Waals surface area contributed by atoms with Crippen molar-refractivity contribution in [1.29, 1.82) is 0 Å². The van der Waals surface area contributed by atoms with Gasteiger partial charge in [-0.3, -0.25) is 4.79 Å². The van der Waals surface area contributed by atoms with E-state index >= 15 is 0 Å². The van der Waals surface area contributed by atoms with Crippen LogP contribution >= 0.6 is 0 Å². The highest BCUT2D eigenvalue weighted by Gasteiger charge is 2.30. The van der Waals surface area contributed by atoms with Crippen LogP contribution in [0.5, 0.6) is 0 Å². The summed E-state index contributed by atoms with van der Waals surface area (Å²) in [5.41, 5.74) is 6.37. The molecule has 1 unspecified atom stereocenters. The molecule has 0 aliphatic carbocycles. The molecular weight excluding hydrogens is 252 g/mol.